The number of ether oxygens (including phenoxy) is 1. The van der Waals surface area contributed by atoms with Crippen LogP contribution in [0.3, 0.4) is 0 Å². The van der Waals surface area contributed by atoms with Gasteiger partial charge in [-0.2, -0.15) is 0 Å². The van der Waals surface area contributed by atoms with Gasteiger partial charge < -0.3 is 10.2 Å². The van der Waals surface area contributed by atoms with Gasteiger partial charge in [-0.05, 0) is 36.8 Å². The summed E-state index contributed by atoms with van der Waals surface area (Å²) in [6, 6.07) is 14.0. The van der Waals surface area contributed by atoms with Crippen molar-refractivity contribution in [2.24, 2.45) is 0 Å². The Morgan fingerprint density at radius 3 is 2.37 bits per heavy atom. The van der Waals surface area contributed by atoms with Crippen molar-refractivity contribution in [2.45, 2.75) is 17.9 Å². The molecule has 0 spiro atoms. The Hall–Kier alpha value is -2.00. The van der Waals surface area contributed by atoms with E-state index >= 15 is 0 Å². The molecule has 140 valence electrons. The fourth-order valence-electron chi connectivity index (χ4n) is 2.89. The highest BCUT2D eigenvalue weighted by atomic mass is 79.9. The van der Waals surface area contributed by atoms with Gasteiger partial charge in [-0.1, -0.05) is 45.8 Å². The maximum atomic E-state index is 13.0. The van der Waals surface area contributed by atoms with E-state index in [0.29, 0.717) is 12.2 Å². The molecule has 1 saturated heterocycles. The average Bonchev–Trinajstić information content (AvgIpc) is 3.40. The first-order valence-corrected chi connectivity index (χ1v) is 10.6. The maximum absolute atomic E-state index is 13.0. The third-order valence-electron chi connectivity index (χ3n) is 4.51. The monoisotopic (exact) mass is 448 g/mol. The Morgan fingerprint density at radius 2 is 1.78 bits per heavy atom. The van der Waals surface area contributed by atoms with Crippen molar-refractivity contribution in [3.8, 4) is 0 Å². The summed E-state index contributed by atoms with van der Waals surface area (Å²) in [4.78, 5) is 12.8. The number of carbonyl (C=O) groups is 1. The van der Waals surface area contributed by atoms with Gasteiger partial charge >= 0.3 is 0 Å². The molecule has 8 heteroatoms. The van der Waals surface area contributed by atoms with Crippen molar-refractivity contribution in [2.75, 3.05) is 13.2 Å². The van der Waals surface area contributed by atoms with Crippen molar-refractivity contribution in [3.63, 3.8) is 0 Å². The van der Waals surface area contributed by atoms with Gasteiger partial charge in [0.1, 0.15) is 11.8 Å². The molecule has 0 bridgehead atoms. The van der Waals surface area contributed by atoms with Gasteiger partial charge in [0, 0.05) is 10.0 Å². The van der Waals surface area contributed by atoms with Crippen molar-refractivity contribution in [3.05, 3.63) is 69.8 Å². The molecule has 4 rings (SSSR count). The van der Waals surface area contributed by atoms with Crippen LogP contribution in [-0.2, 0) is 19.6 Å². The van der Waals surface area contributed by atoms with Crippen molar-refractivity contribution < 1.29 is 17.9 Å². The summed E-state index contributed by atoms with van der Waals surface area (Å²) in [7, 11) is -3.80. The van der Waals surface area contributed by atoms with Gasteiger partial charge in [-0.15, -0.1) is 4.41 Å². The highest BCUT2D eigenvalue weighted by Crippen LogP contribution is 2.31. The molecule has 0 aromatic heterocycles. The highest BCUT2D eigenvalue weighted by Gasteiger charge is 2.41. The Morgan fingerprint density at radius 1 is 1.15 bits per heavy atom. The van der Waals surface area contributed by atoms with Crippen LogP contribution >= 0.6 is 15.9 Å². The van der Waals surface area contributed by atoms with Crippen LogP contribution < -0.4 is 5.43 Å². The van der Waals surface area contributed by atoms with E-state index < -0.39 is 16.1 Å². The number of carbonyl (C=O) groups excluding carboxylic acids is 1. The average molecular weight is 449 g/mol. The van der Waals surface area contributed by atoms with Crippen LogP contribution in [0.1, 0.15) is 11.1 Å². The van der Waals surface area contributed by atoms with Crippen LogP contribution in [-0.4, -0.2) is 37.9 Å². The summed E-state index contributed by atoms with van der Waals surface area (Å²) in [6.45, 7) is 2.32. The fraction of sp³-hybridized carbons (Fsp3) is 0.211. The lowest BCUT2D eigenvalue weighted by Gasteiger charge is -2.18. The van der Waals surface area contributed by atoms with Gasteiger partial charge in [-0.25, -0.2) is 8.42 Å². The number of nitrogens with zero attached hydrogens (tertiary/aromatic N) is 1. The zero-order valence-corrected chi connectivity index (χ0v) is 16.9. The number of ketones is 1. The summed E-state index contributed by atoms with van der Waals surface area (Å²) >= 11 is 3.39. The predicted octanol–water partition coefficient (Wildman–Crippen LogP) is 2.65. The number of rotatable bonds is 5. The molecule has 0 radical (unpaired) electrons. The fourth-order valence-corrected chi connectivity index (χ4v) is 4.40. The summed E-state index contributed by atoms with van der Waals surface area (Å²) in [6.07, 6.45) is -0.500. The number of benzene rings is 2. The molecule has 0 saturated carbocycles. The molecule has 27 heavy (non-hydrogen) atoms. The maximum Gasteiger partial charge on any atom is 0.260 e. The first-order valence-electron chi connectivity index (χ1n) is 8.37. The van der Waals surface area contributed by atoms with Crippen LogP contribution in [0.5, 0.6) is 0 Å². The number of halogens is 1. The van der Waals surface area contributed by atoms with Gasteiger partial charge in [-0.3, -0.25) is 4.79 Å². The van der Waals surface area contributed by atoms with Crippen LogP contribution in [0, 0.1) is 6.92 Å². The number of Topliss-reactive ketones (excluding diaryl/α,β-unsaturated/α-hetero) is 1. The molecule has 2 aliphatic rings. The van der Waals surface area contributed by atoms with Crippen LogP contribution in [0.15, 0.2) is 63.6 Å². The SMILES string of the molecule is Cc1ccc(S(=O)(=O)N2CC(c3ccc(Br)cc3)=C(C(=O)[C@H]3CO3)N2)cc1. The first-order chi connectivity index (χ1) is 12.9. The molecule has 2 aromatic rings. The Balaban J connectivity index is 1.70. The summed E-state index contributed by atoms with van der Waals surface area (Å²) in [5.74, 6) is -0.227. The lowest BCUT2D eigenvalue weighted by molar-refractivity contribution is -0.117. The van der Waals surface area contributed by atoms with Crippen LogP contribution in [0.4, 0.5) is 0 Å². The largest absolute Gasteiger partial charge is 0.364 e. The summed E-state index contributed by atoms with van der Waals surface area (Å²) in [5.41, 5.74) is 5.48. The van der Waals surface area contributed by atoms with E-state index in [1.165, 1.54) is 0 Å². The second-order valence-corrected chi connectivity index (χ2v) is 9.26. The lowest BCUT2D eigenvalue weighted by atomic mass is 10.0. The third kappa shape index (κ3) is 3.58. The molecule has 1 N–H and O–H groups in total. The number of aryl methyl sites for hydroxylation is 1. The molecule has 1 atom stereocenters. The number of hydrogen-bond donors (Lipinski definition) is 1. The number of nitrogens with one attached hydrogen (secondary N) is 1. The first kappa shape index (κ1) is 18.4. The number of sulfonamides is 1. The number of hydrogen-bond acceptors (Lipinski definition) is 5. The molecular weight excluding hydrogens is 432 g/mol. The topological polar surface area (TPSA) is 79.0 Å². The predicted molar refractivity (Wildman–Crippen MR) is 104 cm³/mol. The summed E-state index contributed by atoms with van der Waals surface area (Å²) in [5, 5.41) is 0. The van der Waals surface area contributed by atoms with Gasteiger partial charge in [0.25, 0.3) is 10.0 Å². The molecule has 6 nitrogen and oxygen atoms in total. The zero-order valence-electron chi connectivity index (χ0n) is 14.5. The van der Waals surface area contributed by atoms with E-state index in [4.69, 9.17) is 4.74 Å². The molecule has 0 amide bonds. The molecule has 0 aliphatic carbocycles. The third-order valence-corrected chi connectivity index (χ3v) is 6.71. The number of epoxide rings is 1. The van der Waals surface area contributed by atoms with E-state index in [2.05, 4.69) is 21.4 Å². The lowest BCUT2D eigenvalue weighted by Crippen LogP contribution is -2.39. The van der Waals surface area contributed by atoms with Crippen molar-refractivity contribution in [1.29, 1.82) is 0 Å². The molecule has 2 aliphatic heterocycles. The quantitative estimate of drug-likeness (QED) is 0.711. The Bertz CT molecular complexity index is 1030. The zero-order chi connectivity index (χ0) is 19.2. The normalized spacial score (nSPS) is 19.9. The minimum atomic E-state index is -3.80. The smallest absolute Gasteiger partial charge is 0.260 e. The van der Waals surface area contributed by atoms with E-state index in [1.807, 2.05) is 31.2 Å². The summed E-state index contributed by atoms with van der Waals surface area (Å²) < 4.78 is 33.2. The molecule has 2 heterocycles. The standard InChI is InChI=1S/C19H17BrN2O4S/c1-12-2-8-15(9-3-12)27(24,25)22-10-16(13-4-6-14(20)7-5-13)18(21-22)19(23)17-11-26-17/h2-9,17,21H,10-11H2,1H3/t17-/m1/s1. The Kier molecular flexibility index (Phi) is 4.67. The second-order valence-electron chi connectivity index (χ2n) is 6.48. The van der Waals surface area contributed by atoms with E-state index in [9.17, 15) is 13.2 Å². The van der Waals surface area contributed by atoms with Gasteiger partial charge in [0.15, 0.2) is 0 Å². The number of hydrazine groups is 1. The second kappa shape index (κ2) is 6.87. The van der Waals surface area contributed by atoms with Crippen LogP contribution in [0.25, 0.3) is 5.57 Å². The van der Waals surface area contributed by atoms with Crippen molar-refractivity contribution >= 4 is 37.3 Å². The molecule has 1 fully saturated rings. The van der Waals surface area contributed by atoms with Gasteiger partial charge in [0.2, 0.25) is 5.78 Å². The Labute approximate surface area is 166 Å². The minimum Gasteiger partial charge on any atom is -0.364 e. The van der Waals surface area contributed by atoms with Crippen LogP contribution in [0.2, 0.25) is 0 Å². The minimum absolute atomic E-state index is 0.0611. The van der Waals surface area contributed by atoms with E-state index in [-0.39, 0.29) is 22.9 Å². The van der Waals surface area contributed by atoms with Gasteiger partial charge in [0.05, 0.1) is 18.0 Å². The van der Waals surface area contributed by atoms with E-state index in [0.717, 1.165) is 20.0 Å². The highest BCUT2D eigenvalue weighted by molar-refractivity contribution is 9.10. The molecular formula is C19H17BrN2O4S. The van der Waals surface area contributed by atoms with E-state index in [1.54, 1.807) is 24.3 Å². The molecule has 0 unspecified atom stereocenters. The molecule has 2 aromatic carbocycles. The van der Waals surface area contributed by atoms with Crippen molar-refractivity contribution in [1.82, 2.24) is 9.84 Å².